The molecule has 1 aliphatic heterocycles. The Kier molecular flexibility index (Phi) is 4.02. The number of rotatable bonds is 3. The molecule has 0 radical (unpaired) electrons. The minimum absolute atomic E-state index is 0.611. The summed E-state index contributed by atoms with van der Waals surface area (Å²) in [5.41, 5.74) is 0. The molecule has 2 unspecified atom stereocenters. The second kappa shape index (κ2) is 4.83. The first-order valence-corrected chi connectivity index (χ1v) is 5.01. The molecule has 0 amide bonds. The lowest BCUT2D eigenvalue weighted by atomic mass is 9.90. The standard InChI is InChI=1S/C10H21NO/c1-8(2)11-6-10-4-5-12-7-9(10)3/h8-11H,4-7H2,1-3H3. The molecule has 0 aromatic carbocycles. The molecule has 1 rings (SSSR count). The van der Waals surface area contributed by atoms with E-state index < -0.39 is 0 Å². The molecule has 2 nitrogen and oxygen atoms in total. The Labute approximate surface area is 75.7 Å². The molecule has 0 spiro atoms. The smallest absolute Gasteiger partial charge is 0.0494 e. The second-order valence-corrected chi connectivity index (χ2v) is 4.16. The van der Waals surface area contributed by atoms with Crippen LogP contribution in [0.25, 0.3) is 0 Å². The van der Waals surface area contributed by atoms with E-state index >= 15 is 0 Å². The van der Waals surface area contributed by atoms with E-state index in [0.29, 0.717) is 6.04 Å². The Morgan fingerprint density at radius 2 is 2.25 bits per heavy atom. The van der Waals surface area contributed by atoms with Crippen LogP contribution < -0.4 is 5.32 Å². The average molecular weight is 171 g/mol. The van der Waals surface area contributed by atoms with Crippen LogP contribution in [0.2, 0.25) is 0 Å². The van der Waals surface area contributed by atoms with Crippen molar-refractivity contribution in [3.05, 3.63) is 0 Å². The summed E-state index contributed by atoms with van der Waals surface area (Å²) in [6.45, 7) is 9.74. The van der Waals surface area contributed by atoms with Crippen molar-refractivity contribution >= 4 is 0 Å². The third-order valence-corrected chi connectivity index (χ3v) is 2.61. The lowest BCUT2D eigenvalue weighted by Gasteiger charge is -2.29. The summed E-state index contributed by atoms with van der Waals surface area (Å²) in [4.78, 5) is 0. The van der Waals surface area contributed by atoms with Gasteiger partial charge >= 0.3 is 0 Å². The van der Waals surface area contributed by atoms with E-state index in [1.165, 1.54) is 6.42 Å². The predicted molar refractivity (Wildman–Crippen MR) is 51.2 cm³/mol. The SMILES string of the molecule is CC(C)NCC1CCOCC1C. The fourth-order valence-corrected chi connectivity index (χ4v) is 1.61. The second-order valence-electron chi connectivity index (χ2n) is 4.16. The zero-order valence-electron chi connectivity index (χ0n) is 8.47. The highest BCUT2D eigenvalue weighted by Gasteiger charge is 2.21. The Balaban J connectivity index is 2.20. The van der Waals surface area contributed by atoms with Gasteiger partial charge in [0.1, 0.15) is 0 Å². The predicted octanol–water partition coefficient (Wildman–Crippen LogP) is 1.66. The van der Waals surface area contributed by atoms with Crippen LogP contribution in [0.4, 0.5) is 0 Å². The molecule has 1 N–H and O–H groups in total. The first-order valence-electron chi connectivity index (χ1n) is 5.01. The van der Waals surface area contributed by atoms with Crippen LogP contribution in [0, 0.1) is 11.8 Å². The lowest BCUT2D eigenvalue weighted by molar-refractivity contribution is 0.0240. The van der Waals surface area contributed by atoms with Gasteiger partial charge in [-0.15, -0.1) is 0 Å². The third kappa shape index (κ3) is 3.11. The van der Waals surface area contributed by atoms with E-state index in [1.807, 2.05) is 0 Å². The summed E-state index contributed by atoms with van der Waals surface area (Å²) in [7, 11) is 0. The highest BCUT2D eigenvalue weighted by Crippen LogP contribution is 2.20. The van der Waals surface area contributed by atoms with Crippen LogP contribution in [0.1, 0.15) is 27.2 Å². The van der Waals surface area contributed by atoms with Crippen LogP contribution in [0.15, 0.2) is 0 Å². The van der Waals surface area contributed by atoms with E-state index in [4.69, 9.17) is 4.74 Å². The van der Waals surface area contributed by atoms with E-state index in [-0.39, 0.29) is 0 Å². The van der Waals surface area contributed by atoms with Crippen molar-refractivity contribution in [3.63, 3.8) is 0 Å². The maximum Gasteiger partial charge on any atom is 0.0494 e. The molecule has 2 atom stereocenters. The van der Waals surface area contributed by atoms with Crippen molar-refractivity contribution in [2.75, 3.05) is 19.8 Å². The molecule has 72 valence electrons. The summed E-state index contributed by atoms with van der Waals surface area (Å²) in [6, 6.07) is 0.611. The van der Waals surface area contributed by atoms with E-state index in [2.05, 4.69) is 26.1 Å². The van der Waals surface area contributed by atoms with Crippen LogP contribution >= 0.6 is 0 Å². The molecule has 0 aliphatic carbocycles. The minimum atomic E-state index is 0.611. The van der Waals surface area contributed by atoms with Gasteiger partial charge in [-0.25, -0.2) is 0 Å². The Morgan fingerprint density at radius 3 is 2.83 bits per heavy atom. The van der Waals surface area contributed by atoms with Crippen molar-refractivity contribution in [2.24, 2.45) is 11.8 Å². The van der Waals surface area contributed by atoms with Gasteiger partial charge < -0.3 is 10.1 Å². The highest BCUT2D eigenvalue weighted by molar-refractivity contribution is 4.73. The van der Waals surface area contributed by atoms with Gasteiger partial charge in [-0.3, -0.25) is 0 Å². The fraction of sp³-hybridized carbons (Fsp3) is 1.00. The van der Waals surface area contributed by atoms with Gasteiger partial charge in [-0.05, 0) is 24.8 Å². The zero-order chi connectivity index (χ0) is 8.97. The molecule has 12 heavy (non-hydrogen) atoms. The maximum absolute atomic E-state index is 5.39. The first kappa shape index (κ1) is 10.0. The molecule has 1 aliphatic rings. The van der Waals surface area contributed by atoms with Crippen molar-refractivity contribution in [1.29, 1.82) is 0 Å². The van der Waals surface area contributed by atoms with Crippen LogP contribution in [-0.2, 0) is 4.74 Å². The van der Waals surface area contributed by atoms with Gasteiger partial charge in [0, 0.05) is 19.3 Å². The maximum atomic E-state index is 5.39. The van der Waals surface area contributed by atoms with Gasteiger partial charge in [-0.2, -0.15) is 0 Å². The van der Waals surface area contributed by atoms with E-state index in [0.717, 1.165) is 31.6 Å². The zero-order valence-corrected chi connectivity index (χ0v) is 8.47. The van der Waals surface area contributed by atoms with E-state index in [1.54, 1.807) is 0 Å². The largest absolute Gasteiger partial charge is 0.381 e. The monoisotopic (exact) mass is 171 g/mol. The average Bonchev–Trinajstić information content (AvgIpc) is 2.03. The molecule has 0 aromatic heterocycles. The number of ether oxygens (including phenoxy) is 1. The quantitative estimate of drug-likeness (QED) is 0.697. The van der Waals surface area contributed by atoms with Crippen LogP contribution in [0.3, 0.4) is 0 Å². The fourth-order valence-electron chi connectivity index (χ4n) is 1.61. The highest BCUT2D eigenvalue weighted by atomic mass is 16.5. The summed E-state index contributed by atoms with van der Waals surface area (Å²) >= 11 is 0. The molecule has 2 heteroatoms. The molecule has 1 heterocycles. The lowest BCUT2D eigenvalue weighted by Crippen LogP contribution is -2.36. The Morgan fingerprint density at radius 1 is 1.50 bits per heavy atom. The van der Waals surface area contributed by atoms with Gasteiger partial charge in [0.15, 0.2) is 0 Å². The summed E-state index contributed by atoms with van der Waals surface area (Å²) in [6.07, 6.45) is 1.22. The van der Waals surface area contributed by atoms with E-state index in [9.17, 15) is 0 Å². The molecule has 0 bridgehead atoms. The van der Waals surface area contributed by atoms with Gasteiger partial charge in [0.2, 0.25) is 0 Å². The van der Waals surface area contributed by atoms with Crippen molar-refractivity contribution in [3.8, 4) is 0 Å². The number of hydrogen-bond acceptors (Lipinski definition) is 2. The molecule has 1 fully saturated rings. The van der Waals surface area contributed by atoms with Crippen molar-refractivity contribution < 1.29 is 4.74 Å². The molecular weight excluding hydrogens is 150 g/mol. The Hall–Kier alpha value is -0.0800. The number of nitrogens with one attached hydrogen (secondary N) is 1. The first-order chi connectivity index (χ1) is 5.70. The summed E-state index contributed by atoms with van der Waals surface area (Å²) in [5, 5.41) is 3.49. The Bertz CT molecular complexity index is 125. The topological polar surface area (TPSA) is 21.3 Å². The minimum Gasteiger partial charge on any atom is -0.381 e. The van der Waals surface area contributed by atoms with Crippen molar-refractivity contribution in [1.82, 2.24) is 5.32 Å². The van der Waals surface area contributed by atoms with Gasteiger partial charge in [0.25, 0.3) is 0 Å². The third-order valence-electron chi connectivity index (χ3n) is 2.61. The molecule has 0 saturated carbocycles. The summed E-state index contributed by atoms with van der Waals surface area (Å²) < 4.78 is 5.39. The summed E-state index contributed by atoms with van der Waals surface area (Å²) in [5.74, 6) is 1.55. The molecule has 1 saturated heterocycles. The van der Waals surface area contributed by atoms with Gasteiger partial charge in [-0.1, -0.05) is 20.8 Å². The van der Waals surface area contributed by atoms with Crippen molar-refractivity contribution in [2.45, 2.75) is 33.2 Å². The van der Waals surface area contributed by atoms with Crippen LogP contribution in [-0.4, -0.2) is 25.8 Å². The molecular formula is C10H21NO. The van der Waals surface area contributed by atoms with Crippen LogP contribution in [0.5, 0.6) is 0 Å². The number of hydrogen-bond donors (Lipinski definition) is 1. The normalized spacial score (nSPS) is 31.0. The molecule has 0 aromatic rings. The van der Waals surface area contributed by atoms with Gasteiger partial charge in [0.05, 0.1) is 0 Å².